The number of halogens is 1. The minimum Gasteiger partial charge on any atom is -0.394 e. The minimum atomic E-state index is -0.584. The van der Waals surface area contributed by atoms with Gasteiger partial charge in [-0.1, -0.05) is 0 Å². The summed E-state index contributed by atoms with van der Waals surface area (Å²) in [5, 5.41) is 11.9. The number of rotatable bonds is 2. The molecule has 1 aliphatic heterocycles. The maximum Gasteiger partial charge on any atom is 0.322 e. The van der Waals surface area contributed by atoms with E-state index in [4.69, 9.17) is 0 Å². The summed E-state index contributed by atoms with van der Waals surface area (Å²) in [5.74, 6) is -0.584. The summed E-state index contributed by atoms with van der Waals surface area (Å²) in [4.78, 5) is 17.1. The molecule has 2 N–H and O–H groups in total. The molecule has 0 radical (unpaired) electrons. The molecule has 6 heteroatoms. The second kappa shape index (κ2) is 5.77. The highest BCUT2D eigenvalue weighted by molar-refractivity contribution is 5.89. The molecule has 1 fully saturated rings. The Labute approximate surface area is 105 Å². The van der Waals surface area contributed by atoms with Crippen LogP contribution < -0.4 is 5.32 Å². The molecular weight excluding hydrogens is 237 g/mol. The lowest BCUT2D eigenvalue weighted by atomic mass is 10.0. The predicted octanol–water partition coefficient (Wildman–Crippen LogP) is 1.60. The molecule has 0 aliphatic carbocycles. The van der Waals surface area contributed by atoms with Crippen LogP contribution in [0.3, 0.4) is 0 Å². The van der Waals surface area contributed by atoms with Gasteiger partial charge in [-0.25, -0.2) is 9.78 Å². The van der Waals surface area contributed by atoms with Crippen molar-refractivity contribution < 1.29 is 14.3 Å². The average molecular weight is 253 g/mol. The summed E-state index contributed by atoms with van der Waals surface area (Å²) in [6.45, 7) is 0.598. The second-order valence-corrected chi connectivity index (χ2v) is 4.33. The van der Waals surface area contributed by atoms with Gasteiger partial charge in [0.25, 0.3) is 0 Å². The van der Waals surface area contributed by atoms with E-state index in [0.29, 0.717) is 12.2 Å². The number of pyridine rings is 1. The maximum absolute atomic E-state index is 12.6. The lowest BCUT2D eigenvalue weighted by molar-refractivity contribution is 0.115. The fraction of sp³-hybridized carbons (Fsp3) is 0.500. The number of piperidine rings is 1. The van der Waals surface area contributed by atoms with Gasteiger partial charge in [0.2, 0.25) is 5.95 Å². The number of hydrogen-bond donors (Lipinski definition) is 2. The highest BCUT2D eigenvalue weighted by atomic mass is 19.1. The van der Waals surface area contributed by atoms with Crippen molar-refractivity contribution in [3.63, 3.8) is 0 Å². The largest absolute Gasteiger partial charge is 0.394 e. The Morgan fingerprint density at radius 3 is 3.06 bits per heavy atom. The number of nitrogens with zero attached hydrogens (tertiary/aromatic N) is 2. The summed E-state index contributed by atoms with van der Waals surface area (Å²) in [7, 11) is 0. The molecule has 0 spiro atoms. The summed E-state index contributed by atoms with van der Waals surface area (Å²) in [5.41, 5.74) is 0.448. The van der Waals surface area contributed by atoms with E-state index in [1.165, 1.54) is 18.3 Å². The van der Waals surface area contributed by atoms with Crippen molar-refractivity contribution in [1.82, 2.24) is 9.88 Å². The average Bonchev–Trinajstić information content (AvgIpc) is 2.41. The maximum atomic E-state index is 12.6. The first-order chi connectivity index (χ1) is 8.70. The Bertz CT molecular complexity index is 410. The number of aliphatic hydroxyl groups excluding tert-OH is 1. The fourth-order valence-electron chi connectivity index (χ4n) is 2.10. The number of carbonyl (C=O) groups is 1. The Kier molecular flexibility index (Phi) is 4.09. The van der Waals surface area contributed by atoms with Gasteiger partial charge in [0.15, 0.2) is 0 Å². The standard InChI is InChI=1S/C12H16FN3O2/c13-11-5-4-9(7-14-11)15-12(18)16-6-2-1-3-10(16)8-17/h4-5,7,10,17H,1-3,6,8H2,(H,15,18). The van der Waals surface area contributed by atoms with Crippen LogP contribution in [0.25, 0.3) is 0 Å². The number of nitrogens with one attached hydrogen (secondary N) is 1. The molecule has 98 valence electrons. The van der Waals surface area contributed by atoms with Gasteiger partial charge in [0.1, 0.15) is 0 Å². The van der Waals surface area contributed by atoms with Gasteiger partial charge in [-0.05, 0) is 31.4 Å². The summed E-state index contributed by atoms with van der Waals surface area (Å²) < 4.78 is 12.6. The summed E-state index contributed by atoms with van der Waals surface area (Å²) >= 11 is 0. The van der Waals surface area contributed by atoms with Gasteiger partial charge in [-0.3, -0.25) is 0 Å². The quantitative estimate of drug-likeness (QED) is 0.787. The van der Waals surface area contributed by atoms with Crippen LogP contribution in [0.1, 0.15) is 19.3 Å². The predicted molar refractivity (Wildman–Crippen MR) is 64.6 cm³/mol. The van der Waals surface area contributed by atoms with Crippen LogP contribution >= 0.6 is 0 Å². The third-order valence-corrected chi connectivity index (χ3v) is 3.08. The number of amides is 2. The van der Waals surface area contributed by atoms with Gasteiger partial charge in [-0.15, -0.1) is 0 Å². The Morgan fingerprint density at radius 1 is 1.56 bits per heavy atom. The lowest BCUT2D eigenvalue weighted by Crippen LogP contribution is -2.47. The first-order valence-corrected chi connectivity index (χ1v) is 6.01. The highest BCUT2D eigenvalue weighted by Gasteiger charge is 2.25. The van der Waals surface area contributed by atoms with Crippen molar-refractivity contribution in [3.05, 3.63) is 24.3 Å². The van der Waals surface area contributed by atoms with Crippen LogP contribution in [0, 0.1) is 5.95 Å². The molecule has 1 aromatic rings. The number of hydrogen-bond acceptors (Lipinski definition) is 3. The molecule has 2 amide bonds. The first kappa shape index (κ1) is 12.8. The molecule has 1 aliphatic rings. The topological polar surface area (TPSA) is 65.5 Å². The van der Waals surface area contributed by atoms with Crippen LogP contribution in [-0.4, -0.2) is 40.2 Å². The molecule has 0 bridgehead atoms. The highest BCUT2D eigenvalue weighted by Crippen LogP contribution is 2.18. The van der Waals surface area contributed by atoms with Crippen LogP contribution in [-0.2, 0) is 0 Å². The van der Waals surface area contributed by atoms with Crippen molar-refractivity contribution in [3.8, 4) is 0 Å². The number of aromatic nitrogens is 1. The van der Waals surface area contributed by atoms with Crippen LogP contribution in [0.4, 0.5) is 14.9 Å². The zero-order chi connectivity index (χ0) is 13.0. The lowest BCUT2D eigenvalue weighted by Gasteiger charge is -2.34. The minimum absolute atomic E-state index is 0.0327. The molecule has 0 aromatic carbocycles. The van der Waals surface area contributed by atoms with Crippen molar-refractivity contribution in [2.75, 3.05) is 18.5 Å². The molecule has 2 heterocycles. The van der Waals surface area contributed by atoms with Crippen LogP contribution in [0.15, 0.2) is 18.3 Å². The van der Waals surface area contributed by atoms with Gasteiger partial charge in [-0.2, -0.15) is 4.39 Å². The van der Waals surface area contributed by atoms with Crippen molar-refractivity contribution in [2.45, 2.75) is 25.3 Å². The molecule has 1 unspecified atom stereocenters. The van der Waals surface area contributed by atoms with E-state index < -0.39 is 5.95 Å². The van der Waals surface area contributed by atoms with Gasteiger partial charge in [0, 0.05) is 6.54 Å². The Morgan fingerprint density at radius 2 is 2.39 bits per heavy atom. The van der Waals surface area contributed by atoms with Gasteiger partial charge in [0.05, 0.1) is 24.5 Å². The van der Waals surface area contributed by atoms with Crippen LogP contribution in [0.2, 0.25) is 0 Å². The number of urea groups is 1. The third-order valence-electron chi connectivity index (χ3n) is 3.08. The zero-order valence-electron chi connectivity index (χ0n) is 9.97. The Balaban J connectivity index is 2.00. The monoisotopic (exact) mass is 253 g/mol. The number of likely N-dealkylation sites (tertiary alicyclic amines) is 1. The number of anilines is 1. The zero-order valence-corrected chi connectivity index (χ0v) is 9.97. The summed E-state index contributed by atoms with van der Waals surface area (Å²) in [6.07, 6.45) is 4.04. The SMILES string of the molecule is O=C(Nc1ccc(F)nc1)N1CCCCC1CO. The van der Waals surface area contributed by atoms with E-state index >= 15 is 0 Å². The van der Waals surface area contributed by atoms with Crippen LogP contribution in [0.5, 0.6) is 0 Å². The molecule has 1 saturated heterocycles. The number of aliphatic hydroxyl groups is 1. The second-order valence-electron chi connectivity index (χ2n) is 4.33. The first-order valence-electron chi connectivity index (χ1n) is 6.01. The fourth-order valence-corrected chi connectivity index (χ4v) is 2.10. The molecular formula is C12H16FN3O2. The summed E-state index contributed by atoms with van der Waals surface area (Å²) in [6, 6.07) is 2.24. The van der Waals surface area contributed by atoms with Crippen molar-refractivity contribution >= 4 is 11.7 Å². The number of carbonyl (C=O) groups excluding carboxylic acids is 1. The normalized spacial score (nSPS) is 19.7. The van der Waals surface area contributed by atoms with Gasteiger partial charge < -0.3 is 15.3 Å². The molecule has 1 atom stereocenters. The van der Waals surface area contributed by atoms with Crippen molar-refractivity contribution in [2.24, 2.45) is 0 Å². The molecule has 2 rings (SSSR count). The van der Waals surface area contributed by atoms with E-state index in [0.717, 1.165) is 19.3 Å². The van der Waals surface area contributed by atoms with E-state index in [1.807, 2.05) is 0 Å². The molecule has 0 saturated carbocycles. The van der Waals surface area contributed by atoms with Crippen molar-refractivity contribution in [1.29, 1.82) is 0 Å². The van der Waals surface area contributed by atoms with E-state index in [1.54, 1.807) is 4.90 Å². The third kappa shape index (κ3) is 2.95. The molecule has 18 heavy (non-hydrogen) atoms. The van der Waals surface area contributed by atoms with Gasteiger partial charge >= 0.3 is 6.03 Å². The molecule has 1 aromatic heterocycles. The Hall–Kier alpha value is -1.69. The van der Waals surface area contributed by atoms with E-state index in [9.17, 15) is 14.3 Å². The van der Waals surface area contributed by atoms with E-state index in [-0.39, 0.29) is 18.7 Å². The molecule has 5 nitrogen and oxygen atoms in total. The van der Waals surface area contributed by atoms with E-state index in [2.05, 4.69) is 10.3 Å². The smallest absolute Gasteiger partial charge is 0.322 e.